The number of para-hydroxylation sites is 1. The monoisotopic (exact) mass is 279 g/mol. The summed E-state index contributed by atoms with van der Waals surface area (Å²) in [6, 6.07) is 5.67. The zero-order valence-electron chi connectivity index (χ0n) is 11.7. The molecule has 1 aromatic rings. The third kappa shape index (κ3) is 2.95. The number of hydrogen-bond donors (Lipinski definition) is 1. The lowest BCUT2D eigenvalue weighted by molar-refractivity contribution is 0.0184. The number of hydrogen-bond acceptors (Lipinski definition) is 4. The number of likely N-dealkylation sites (tertiary alicyclic amines) is 1. The molecule has 0 bridgehead atoms. The van der Waals surface area contributed by atoms with E-state index >= 15 is 0 Å². The molecular weight excluding hydrogens is 257 g/mol. The zero-order chi connectivity index (χ0) is 13.9. The van der Waals surface area contributed by atoms with Crippen molar-refractivity contribution in [1.82, 2.24) is 9.80 Å². The van der Waals surface area contributed by atoms with Gasteiger partial charge in [0, 0.05) is 38.8 Å². The van der Waals surface area contributed by atoms with Crippen LogP contribution in [-0.2, 0) is 11.3 Å². The number of benzene rings is 1. The molecule has 1 atom stereocenters. The lowest BCUT2D eigenvalue weighted by Gasteiger charge is -2.32. The first-order valence-corrected chi connectivity index (χ1v) is 7.31. The smallest absolute Gasteiger partial charge is 0.146 e. The van der Waals surface area contributed by atoms with Crippen LogP contribution < -0.4 is 5.73 Å². The highest BCUT2D eigenvalue weighted by Gasteiger charge is 2.28. The minimum atomic E-state index is -0.313. The largest absolute Gasteiger partial charge is 0.396 e. The van der Waals surface area contributed by atoms with Crippen molar-refractivity contribution >= 4 is 5.69 Å². The van der Waals surface area contributed by atoms with E-state index in [9.17, 15) is 4.39 Å². The SMILES string of the molecule is Nc1c(F)cccc1CN1CCC(N2CCOCC2)C1. The molecule has 2 saturated heterocycles. The molecule has 20 heavy (non-hydrogen) atoms. The fourth-order valence-corrected chi connectivity index (χ4v) is 3.16. The van der Waals surface area contributed by atoms with Crippen LogP contribution >= 0.6 is 0 Å². The zero-order valence-corrected chi connectivity index (χ0v) is 11.7. The van der Waals surface area contributed by atoms with Gasteiger partial charge < -0.3 is 10.5 Å². The highest BCUT2D eigenvalue weighted by Crippen LogP contribution is 2.22. The first-order chi connectivity index (χ1) is 9.74. The Hall–Kier alpha value is -1.17. The highest BCUT2D eigenvalue weighted by molar-refractivity contribution is 5.47. The second kappa shape index (κ2) is 6.08. The predicted molar refractivity (Wildman–Crippen MR) is 76.9 cm³/mol. The summed E-state index contributed by atoms with van der Waals surface area (Å²) in [6.07, 6.45) is 1.18. The lowest BCUT2D eigenvalue weighted by Crippen LogP contribution is -2.44. The van der Waals surface area contributed by atoms with Crippen molar-refractivity contribution < 1.29 is 9.13 Å². The van der Waals surface area contributed by atoms with Gasteiger partial charge in [-0.1, -0.05) is 12.1 Å². The molecule has 2 aliphatic heterocycles. The van der Waals surface area contributed by atoms with Gasteiger partial charge in [0.15, 0.2) is 0 Å². The van der Waals surface area contributed by atoms with E-state index in [1.165, 1.54) is 12.5 Å². The molecule has 0 aromatic heterocycles. The van der Waals surface area contributed by atoms with E-state index in [0.29, 0.717) is 11.7 Å². The van der Waals surface area contributed by atoms with E-state index < -0.39 is 0 Å². The molecule has 2 heterocycles. The van der Waals surface area contributed by atoms with E-state index in [-0.39, 0.29) is 5.82 Å². The molecule has 0 aliphatic carbocycles. The van der Waals surface area contributed by atoms with Crippen LogP contribution in [0.1, 0.15) is 12.0 Å². The summed E-state index contributed by atoms with van der Waals surface area (Å²) in [5, 5.41) is 0. The summed E-state index contributed by atoms with van der Waals surface area (Å²) in [5.74, 6) is -0.313. The standard InChI is InChI=1S/C15H22FN3O/c16-14-3-1-2-12(15(14)17)10-18-5-4-13(11-18)19-6-8-20-9-7-19/h1-3,13H,4-11,17H2. The van der Waals surface area contributed by atoms with Gasteiger partial charge in [-0.05, 0) is 18.1 Å². The first kappa shape index (κ1) is 13.8. The maximum absolute atomic E-state index is 13.5. The second-order valence-corrected chi connectivity index (χ2v) is 5.64. The Bertz CT molecular complexity index is 462. The van der Waals surface area contributed by atoms with Crippen LogP contribution in [0, 0.1) is 5.82 Å². The number of rotatable bonds is 3. The van der Waals surface area contributed by atoms with Gasteiger partial charge in [0.25, 0.3) is 0 Å². The fourth-order valence-electron chi connectivity index (χ4n) is 3.16. The lowest BCUT2D eigenvalue weighted by atomic mass is 10.1. The van der Waals surface area contributed by atoms with Crippen molar-refractivity contribution in [1.29, 1.82) is 0 Å². The third-order valence-electron chi connectivity index (χ3n) is 4.35. The molecule has 3 rings (SSSR count). The molecule has 2 aliphatic rings. The molecular formula is C15H22FN3O. The van der Waals surface area contributed by atoms with Crippen molar-refractivity contribution in [2.75, 3.05) is 45.1 Å². The molecule has 0 spiro atoms. The fraction of sp³-hybridized carbons (Fsp3) is 0.600. The van der Waals surface area contributed by atoms with Crippen LogP contribution in [0.25, 0.3) is 0 Å². The van der Waals surface area contributed by atoms with Gasteiger partial charge in [-0.3, -0.25) is 9.80 Å². The van der Waals surface area contributed by atoms with Crippen molar-refractivity contribution in [3.8, 4) is 0 Å². The Morgan fingerprint density at radius 3 is 2.85 bits per heavy atom. The Labute approximate surface area is 119 Å². The van der Waals surface area contributed by atoms with Gasteiger partial charge in [0.2, 0.25) is 0 Å². The topological polar surface area (TPSA) is 41.7 Å². The second-order valence-electron chi connectivity index (χ2n) is 5.64. The minimum Gasteiger partial charge on any atom is -0.396 e. The Morgan fingerprint density at radius 1 is 1.25 bits per heavy atom. The van der Waals surface area contributed by atoms with E-state index in [0.717, 1.165) is 51.5 Å². The molecule has 0 radical (unpaired) electrons. The molecule has 1 aromatic carbocycles. The Morgan fingerprint density at radius 2 is 2.05 bits per heavy atom. The number of nitrogens with two attached hydrogens (primary N) is 1. The summed E-state index contributed by atoms with van der Waals surface area (Å²) in [5.41, 5.74) is 7.00. The van der Waals surface area contributed by atoms with E-state index in [2.05, 4.69) is 9.80 Å². The number of morpholine rings is 1. The highest BCUT2D eigenvalue weighted by atomic mass is 19.1. The summed E-state index contributed by atoms with van der Waals surface area (Å²) >= 11 is 0. The van der Waals surface area contributed by atoms with Crippen molar-refractivity contribution in [2.45, 2.75) is 19.0 Å². The molecule has 2 N–H and O–H groups in total. The van der Waals surface area contributed by atoms with Crippen LogP contribution in [0.15, 0.2) is 18.2 Å². The molecule has 1 unspecified atom stereocenters. The average Bonchev–Trinajstić information content (AvgIpc) is 2.93. The number of nitrogen functional groups attached to an aromatic ring is 1. The number of anilines is 1. The van der Waals surface area contributed by atoms with Crippen LogP contribution in [-0.4, -0.2) is 55.2 Å². The quantitative estimate of drug-likeness (QED) is 0.847. The van der Waals surface area contributed by atoms with Crippen LogP contribution in [0.2, 0.25) is 0 Å². The first-order valence-electron chi connectivity index (χ1n) is 7.31. The van der Waals surface area contributed by atoms with Crippen LogP contribution in [0.5, 0.6) is 0 Å². The summed E-state index contributed by atoms with van der Waals surface area (Å²) in [4.78, 5) is 4.88. The van der Waals surface area contributed by atoms with Gasteiger partial charge in [0.1, 0.15) is 5.82 Å². The van der Waals surface area contributed by atoms with Gasteiger partial charge in [-0.25, -0.2) is 4.39 Å². The number of halogens is 1. The average molecular weight is 279 g/mol. The van der Waals surface area contributed by atoms with Crippen LogP contribution in [0.4, 0.5) is 10.1 Å². The predicted octanol–water partition coefficient (Wildman–Crippen LogP) is 1.31. The van der Waals surface area contributed by atoms with Crippen molar-refractivity contribution in [3.05, 3.63) is 29.6 Å². The van der Waals surface area contributed by atoms with E-state index in [1.54, 1.807) is 6.07 Å². The van der Waals surface area contributed by atoms with Gasteiger partial charge in [0.05, 0.1) is 18.9 Å². The Balaban J connectivity index is 1.58. The molecule has 2 fully saturated rings. The van der Waals surface area contributed by atoms with Crippen LogP contribution in [0.3, 0.4) is 0 Å². The van der Waals surface area contributed by atoms with Gasteiger partial charge >= 0.3 is 0 Å². The van der Waals surface area contributed by atoms with Gasteiger partial charge in [-0.2, -0.15) is 0 Å². The molecule has 110 valence electrons. The maximum Gasteiger partial charge on any atom is 0.146 e. The maximum atomic E-state index is 13.5. The third-order valence-corrected chi connectivity index (χ3v) is 4.35. The number of ether oxygens (including phenoxy) is 1. The minimum absolute atomic E-state index is 0.294. The van der Waals surface area contributed by atoms with Crippen molar-refractivity contribution in [3.63, 3.8) is 0 Å². The number of nitrogens with zero attached hydrogens (tertiary/aromatic N) is 2. The van der Waals surface area contributed by atoms with E-state index in [4.69, 9.17) is 10.5 Å². The van der Waals surface area contributed by atoms with Crippen molar-refractivity contribution in [2.24, 2.45) is 0 Å². The molecule has 0 saturated carbocycles. The summed E-state index contributed by atoms with van der Waals surface area (Å²) < 4.78 is 18.9. The molecule has 4 nitrogen and oxygen atoms in total. The molecule has 0 amide bonds. The summed E-state index contributed by atoms with van der Waals surface area (Å²) in [6.45, 7) is 6.57. The normalized spacial score (nSPS) is 25.1. The Kier molecular flexibility index (Phi) is 4.19. The summed E-state index contributed by atoms with van der Waals surface area (Å²) in [7, 11) is 0. The van der Waals surface area contributed by atoms with Gasteiger partial charge in [-0.15, -0.1) is 0 Å². The van der Waals surface area contributed by atoms with E-state index in [1.807, 2.05) is 6.07 Å². The molecule has 5 heteroatoms.